The molecule has 4 heterocycles. The molecule has 2 unspecified atom stereocenters. The van der Waals surface area contributed by atoms with Crippen molar-refractivity contribution in [1.82, 2.24) is 5.32 Å². The number of amides is 1. The quantitative estimate of drug-likeness (QED) is 0.0149. The number of allylic oxidation sites excluding steroid dienone is 7. The number of rotatable bonds is 30. The summed E-state index contributed by atoms with van der Waals surface area (Å²) in [7, 11) is -18.0. The van der Waals surface area contributed by atoms with Crippen molar-refractivity contribution in [2.75, 3.05) is 68.3 Å². The summed E-state index contributed by atoms with van der Waals surface area (Å²) >= 11 is 5.75. The minimum atomic E-state index is -4.74. The first kappa shape index (κ1) is 67.7. The van der Waals surface area contributed by atoms with E-state index in [4.69, 9.17) is 25.8 Å². The molecule has 2 atom stereocenters. The zero-order valence-electron chi connectivity index (χ0n) is 49.1. The number of ether oxygens (including phenoxy) is 3. The van der Waals surface area contributed by atoms with Crippen LogP contribution in [0.3, 0.4) is 0 Å². The van der Waals surface area contributed by atoms with E-state index in [-0.39, 0.29) is 91.8 Å². The van der Waals surface area contributed by atoms with Crippen LogP contribution in [0.15, 0.2) is 105 Å². The normalized spacial score (nSPS) is 20.7. The largest absolute Gasteiger partial charge is 1.00 e. The molecule has 3 aromatic carbocycles. The fourth-order valence-corrected chi connectivity index (χ4v) is 15.5. The molecule has 0 fully saturated rings. The Bertz CT molecular complexity index is 3560. The molecule has 84 heavy (non-hydrogen) atoms. The number of benzene rings is 3. The summed E-state index contributed by atoms with van der Waals surface area (Å²) in [5, 5.41) is 2.89. The van der Waals surface area contributed by atoms with Crippen molar-refractivity contribution in [1.29, 1.82) is 0 Å². The van der Waals surface area contributed by atoms with Crippen LogP contribution in [0, 0.1) is 0 Å². The molecule has 0 radical (unpaired) electrons. The van der Waals surface area contributed by atoms with Gasteiger partial charge in [-0.2, -0.15) is 38.2 Å². The van der Waals surface area contributed by atoms with Gasteiger partial charge in [0.05, 0.1) is 42.3 Å². The van der Waals surface area contributed by atoms with E-state index in [1.807, 2.05) is 38.2 Å². The number of carbonyl (C=O) groups excluding carboxylic acids is 1. The fraction of sp³-hybridized carbons (Fsp3) is 0.525. The number of hydrogen-bond donors (Lipinski definition) is 5. The van der Waals surface area contributed by atoms with Crippen LogP contribution >= 0.6 is 11.6 Å². The van der Waals surface area contributed by atoms with Crippen molar-refractivity contribution < 1.29 is 106 Å². The van der Waals surface area contributed by atoms with Crippen molar-refractivity contribution in [3.05, 3.63) is 123 Å². The molecule has 1 aliphatic carbocycles. The molecule has 0 saturated heterocycles. The van der Waals surface area contributed by atoms with Gasteiger partial charge in [-0.3, -0.25) is 23.0 Å². The monoisotopic (exact) mass is 1270 g/mol. The average Bonchev–Trinajstić information content (AvgIpc) is 1.82. The number of alkyl halides is 1. The van der Waals surface area contributed by atoms with E-state index in [2.05, 4.69) is 14.8 Å². The molecule has 1 amide bonds. The standard InChI is InChI=1S/C59H76ClN3O16S4.Na.H/c1-58(30-5-9-40-80(65,66)67)50(62-34-12-16-42-20-26-48(82(71,72)73)52(58)54(42)62)28-22-44-14-11-15-45(56(44)79-47-24-18-46(19-25-47)57(64)61-33-37-78-39-38-77-36-8-4-3-7-32-60)23-29-51-59(2,31-6-10-41-81(68,69)70)53-49(83(74,75)76)27-21-43-17-13-35-63(51)55(43)53;;/h18-29H,3-17,30-41H2,1-2H3,(H4-,61,64,65,66,67,68,69,70,71,72,73,74,75,76);;/q;+1;-1/p+1. The third kappa shape index (κ3) is 16.5. The van der Waals surface area contributed by atoms with Crippen molar-refractivity contribution >= 4 is 75.1 Å². The first-order valence-corrected chi connectivity index (χ1v) is 35.2. The third-order valence-electron chi connectivity index (χ3n) is 16.4. The summed E-state index contributed by atoms with van der Waals surface area (Å²) in [6.07, 6.45) is 17.7. The molecule has 0 spiro atoms. The van der Waals surface area contributed by atoms with Crippen molar-refractivity contribution in [3.8, 4) is 5.75 Å². The van der Waals surface area contributed by atoms with E-state index in [0.29, 0.717) is 117 Å². The minimum Gasteiger partial charge on any atom is -1.00 e. The molecule has 0 aromatic heterocycles. The summed E-state index contributed by atoms with van der Waals surface area (Å²) in [4.78, 5) is 14.9. The Morgan fingerprint density at radius 2 is 1.30 bits per heavy atom. The zero-order valence-corrected chi connectivity index (χ0v) is 54.1. The van der Waals surface area contributed by atoms with E-state index in [9.17, 15) is 56.7 Å². The second kappa shape index (κ2) is 29.0. The van der Waals surface area contributed by atoms with E-state index in [1.165, 1.54) is 12.1 Å². The molecular formula is C59H78ClN3NaO16S4+. The zero-order chi connectivity index (χ0) is 59.8. The molecule has 0 bridgehead atoms. The molecule has 5 aliphatic rings. The Balaban J connectivity index is 0.00000579. The number of aryl methyl sites for hydroxylation is 2. The molecule has 4 aliphatic heterocycles. The fourth-order valence-electron chi connectivity index (χ4n) is 12.6. The second-order valence-electron chi connectivity index (χ2n) is 22.4. The van der Waals surface area contributed by atoms with E-state index in [0.717, 1.165) is 72.2 Å². The van der Waals surface area contributed by atoms with Crippen molar-refractivity contribution in [3.63, 3.8) is 0 Å². The predicted molar refractivity (Wildman–Crippen MR) is 319 cm³/mol. The second-order valence-corrected chi connectivity index (χ2v) is 28.7. The SMILES string of the molecule is CC1(CCCCS(=O)(=O)O)C(/C=C/C2=C(Oc3ccc(C(=O)NCCOCCOCCCCCCCl)cc3)C(=C/C=C3/N4CCCc5ccc(S(=O)(=O)O)c(c54)C3(C)CCCCS(=O)(=O)O)/CCC2)=[N+]2CCCc3ccc(S(=O)(=O)O)c1c32.[H-].[Na+]. The molecule has 8 rings (SSSR count). The Hall–Kier alpha value is -3.79. The van der Waals surface area contributed by atoms with Gasteiger partial charge in [-0.1, -0.05) is 43.9 Å². The summed E-state index contributed by atoms with van der Waals surface area (Å²) in [6.45, 7) is 6.90. The molecule has 19 nitrogen and oxygen atoms in total. The number of unbranched alkanes of at least 4 members (excludes halogenated alkanes) is 5. The number of carbonyl (C=O) groups is 1. The first-order chi connectivity index (χ1) is 39.3. The Labute approximate surface area is 523 Å². The molecule has 456 valence electrons. The van der Waals surface area contributed by atoms with Crippen LogP contribution in [-0.4, -0.2) is 132 Å². The molecule has 0 saturated carbocycles. The van der Waals surface area contributed by atoms with Gasteiger partial charge in [0.25, 0.3) is 46.4 Å². The van der Waals surface area contributed by atoms with Gasteiger partial charge < -0.3 is 25.9 Å². The molecule has 3 aromatic rings. The number of nitrogens with zero attached hydrogens (tertiary/aromatic N) is 2. The molecule has 25 heteroatoms. The number of hydrogen-bond acceptors (Lipinski definition) is 13. The van der Waals surface area contributed by atoms with E-state index < -0.39 is 62.8 Å². The Morgan fingerprint density at radius 3 is 1.95 bits per heavy atom. The topological polar surface area (TPSA) is 281 Å². The first-order valence-electron chi connectivity index (χ1n) is 28.5. The Kier molecular flexibility index (Phi) is 23.4. The summed E-state index contributed by atoms with van der Waals surface area (Å²) in [6, 6.07) is 13.0. The summed E-state index contributed by atoms with van der Waals surface area (Å²) < 4.78 is 161. The van der Waals surface area contributed by atoms with Crippen LogP contribution in [-0.2, 0) is 73.6 Å². The van der Waals surface area contributed by atoms with Gasteiger partial charge in [0.1, 0.15) is 27.8 Å². The van der Waals surface area contributed by atoms with Crippen LogP contribution in [0.2, 0.25) is 0 Å². The minimum absolute atomic E-state index is 0. The predicted octanol–water partition coefficient (Wildman–Crippen LogP) is 6.89. The van der Waals surface area contributed by atoms with Gasteiger partial charge in [-0.15, -0.1) is 11.6 Å². The molecule has 5 N–H and O–H groups in total. The maximum atomic E-state index is 13.3. The maximum absolute atomic E-state index is 13.3. The average molecular weight is 1270 g/mol. The van der Waals surface area contributed by atoms with E-state index in [1.54, 1.807) is 36.4 Å². The van der Waals surface area contributed by atoms with Crippen LogP contribution in [0.4, 0.5) is 11.4 Å². The summed E-state index contributed by atoms with van der Waals surface area (Å²) in [5.41, 5.74) is 5.25. The smallest absolute Gasteiger partial charge is 1.00 e. The summed E-state index contributed by atoms with van der Waals surface area (Å²) in [5.74, 6) is 0.275. The van der Waals surface area contributed by atoms with Gasteiger partial charge >= 0.3 is 29.6 Å². The molecular weight excluding hydrogens is 1190 g/mol. The van der Waals surface area contributed by atoms with Gasteiger partial charge in [0, 0.05) is 71.6 Å². The van der Waals surface area contributed by atoms with Crippen molar-refractivity contribution in [2.24, 2.45) is 0 Å². The van der Waals surface area contributed by atoms with Crippen LogP contribution in [0.5, 0.6) is 5.75 Å². The van der Waals surface area contributed by atoms with Gasteiger partial charge in [-0.25, -0.2) is 0 Å². The number of anilines is 1. The van der Waals surface area contributed by atoms with Gasteiger partial charge in [0.15, 0.2) is 5.71 Å². The van der Waals surface area contributed by atoms with Gasteiger partial charge in [0.2, 0.25) is 5.69 Å². The van der Waals surface area contributed by atoms with Gasteiger partial charge in [-0.05, 0) is 156 Å². The van der Waals surface area contributed by atoms with Crippen molar-refractivity contribution in [2.45, 2.75) is 144 Å². The number of halogens is 1. The maximum Gasteiger partial charge on any atom is 1.00 e. The third-order valence-corrected chi connectivity index (χ3v) is 20.1. The van der Waals surface area contributed by atoms with E-state index >= 15 is 0 Å². The van der Waals surface area contributed by atoms with Crippen LogP contribution < -0.4 is 44.5 Å². The number of nitrogens with one attached hydrogen (secondary N) is 1. The van der Waals surface area contributed by atoms with Crippen LogP contribution in [0.1, 0.15) is 144 Å². The van der Waals surface area contributed by atoms with Crippen LogP contribution in [0.25, 0.3) is 0 Å². The Morgan fingerprint density at radius 1 is 0.679 bits per heavy atom.